The number of ether oxygens (including phenoxy) is 2. The molecule has 2 heterocycles. The maximum atomic E-state index is 11.5. The summed E-state index contributed by atoms with van der Waals surface area (Å²) in [7, 11) is -4.17. The zero-order valence-electron chi connectivity index (χ0n) is 15.6. The van der Waals surface area contributed by atoms with Crippen molar-refractivity contribution < 1.29 is 69.3 Å². The van der Waals surface area contributed by atoms with Crippen molar-refractivity contribution in [1.29, 1.82) is 0 Å². The molecule has 0 radical (unpaired) electrons. The SMILES string of the molecule is NS(=O)(=O)[N-]c1ncnc(OCCOc2ncc(Br)cn2)c1-c1ccc(Br)cc1.[K+]. The summed E-state index contributed by atoms with van der Waals surface area (Å²) >= 11 is 6.59. The normalized spacial score (nSPS) is 10.8. The van der Waals surface area contributed by atoms with Gasteiger partial charge in [-0.1, -0.05) is 28.1 Å². The number of hydrogen-bond acceptors (Lipinski definition) is 8. The van der Waals surface area contributed by atoms with E-state index in [4.69, 9.17) is 14.6 Å². The largest absolute Gasteiger partial charge is 1.00 e. The number of nitrogens with zero attached hydrogens (tertiary/aromatic N) is 5. The smallest absolute Gasteiger partial charge is 0.474 e. The Hall–Kier alpha value is -0.714. The van der Waals surface area contributed by atoms with Gasteiger partial charge in [-0.05, 0) is 39.4 Å². The van der Waals surface area contributed by atoms with Crippen LogP contribution in [0.15, 0.2) is 51.9 Å². The van der Waals surface area contributed by atoms with Crippen molar-refractivity contribution in [3.8, 4) is 23.0 Å². The van der Waals surface area contributed by atoms with Gasteiger partial charge in [-0.3, -0.25) is 0 Å². The standard InChI is InChI=1S/C16H13Br2N6O4S.K/c17-11-3-1-10(2-4-11)13-14(24-29(19,25)26)22-9-23-15(13)27-5-6-28-16-20-7-12(18)8-21-16;/h1-4,7-9H,5-6H2,(H2-,19,22,23,24,25,26);/q-1;+1. The van der Waals surface area contributed by atoms with Gasteiger partial charge in [-0.25, -0.2) is 28.5 Å². The first-order valence-corrected chi connectivity index (χ1v) is 11.0. The average molecular weight is 584 g/mol. The van der Waals surface area contributed by atoms with Crippen LogP contribution in [0.1, 0.15) is 0 Å². The Morgan fingerprint density at radius 1 is 0.933 bits per heavy atom. The summed E-state index contributed by atoms with van der Waals surface area (Å²) in [6.45, 7) is 0.224. The molecule has 0 aliphatic carbocycles. The first-order valence-electron chi connectivity index (χ1n) is 7.91. The topological polar surface area (TPSA) is 144 Å². The summed E-state index contributed by atoms with van der Waals surface area (Å²) < 4.78 is 39.0. The molecule has 0 saturated carbocycles. The van der Waals surface area contributed by atoms with E-state index in [0.717, 1.165) is 15.3 Å². The van der Waals surface area contributed by atoms with Crippen molar-refractivity contribution in [1.82, 2.24) is 19.9 Å². The Kier molecular flexibility index (Phi) is 10.0. The predicted molar refractivity (Wildman–Crippen MR) is 112 cm³/mol. The van der Waals surface area contributed by atoms with Gasteiger partial charge in [0.2, 0.25) is 16.1 Å². The number of benzene rings is 1. The molecule has 0 spiro atoms. The van der Waals surface area contributed by atoms with Gasteiger partial charge in [-0.2, -0.15) is 0 Å². The van der Waals surface area contributed by atoms with Gasteiger partial charge in [0.15, 0.2) is 0 Å². The van der Waals surface area contributed by atoms with E-state index in [1.54, 1.807) is 36.7 Å². The molecule has 14 heteroatoms. The number of aromatic nitrogens is 4. The Labute approximate surface area is 232 Å². The molecule has 1 aromatic carbocycles. The fraction of sp³-hybridized carbons (Fsp3) is 0.125. The molecule has 2 N–H and O–H groups in total. The maximum absolute atomic E-state index is 11.5. The summed E-state index contributed by atoms with van der Waals surface area (Å²) in [6.07, 6.45) is 4.25. The van der Waals surface area contributed by atoms with Crippen LogP contribution in [0.2, 0.25) is 0 Å². The predicted octanol–water partition coefficient (Wildman–Crippen LogP) is 0.129. The van der Waals surface area contributed by atoms with E-state index in [0.29, 0.717) is 5.56 Å². The van der Waals surface area contributed by atoms with Gasteiger partial charge in [-0.15, -0.1) is 0 Å². The Balaban J connectivity index is 0.00000320. The molecule has 30 heavy (non-hydrogen) atoms. The van der Waals surface area contributed by atoms with Crippen molar-refractivity contribution in [2.75, 3.05) is 13.2 Å². The Morgan fingerprint density at radius 3 is 2.20 bits per heavy atom. The van der Waals surface area contributed by atoms with Crippen LogP contribution in [0.25, 0.3) is 15.8 Å². The molecule has 3 rings (SSSR count). The molecule has 0 fully saturated rings. The van der Waals surface area contributed by atoms with E-state index in [1.165, 1.54) is 0 Å². The van der Waals surface area contributed by atoms with Crippen molar-refractivity contribution >= 4 is 47.9 Å². The summed E-state index contributed by atoms with van der Waals surface area (Å²) in [5.74, 6) is 0.00188. The second-order valence-corrected chi connectivity index (χ2v) is 8.42. The van der Waals surface area contributed by atoms with Crippen molar-refractivity contribution in [3.63, 3.8) is 0 Å². The summed E-state index contributed by atoms with van der Waals surface area (Å²) in [5, 5.41) is 5.04. The van der Waals surface area contributed by atoms with Gasteiger partial charge in [0, 0.05) is 28.8 Å². The van der Waals surface area contributed by atoms with Crippen LogP contribution in [0.4, 0.5) is 5.82 Å². The van der Waals surface area contributed by atoms with Gasteiger partial charge in [0.25, 0.3) is 0 Å². The fourth-order valence-corrected chi connectivity index (χ4v) is 3.02. The Bertz CT molecular complexity index is 1090. The van der Waals surface area contributed by atoms with Crippen LogP contribution in [0, 0.1) is 0 Å². The average Bonchev–Trinajstić information content (AvgIpc) is 2.66. The van der Waals surface area contributed by atoms with E-state index in [1.807, 2.05) is 0 Å². The monoisotopic (exact) mass is 582 g/mol. The molecular weight excluding hydrogens is 571 g/mol. The zero-order valence-corrected chi connectivity index (χ0v) is 22.7. The summed E-state index contributed by atoms with van der Waals surface area (Å²) in [6, 6.07) is 7.23. The molecule has 152 valence electrons. The number of halogens is 2. The second-order valence-electron chi connectivity index (χ2n) is 5.37. The number of rotatable bonds is 8. The first kappa shape index (κ1) is 25.5. The molecule has 0 aliphatic rings. The maximum Gasteiger partial charge on any atom is 1.00 e. The number of nitrogens with two attached hydrogens (primary N) is 1. The van der Waals surface area contributed by atoms with Crippen LogP contribution < -0.4 is 66.0 Å². The minimum absolute atomic E-state index is 0. The molecule has 10 nitrogen and oxygen atoms in total. The third-order valence-electron chi connectivity index (χ3n) is 3.29. The van der Waals surface area contributed by atoms with Crippen LogP contribution in [-0.2, 0) is 10.2 Å². The summed E-state index contributed by atoms with van der Waals surface area (Å²) in [5.41, 5.74) is 0.886. The minimum Gasteiger partial charge on any atom is -0.474 e. The molecule has 0 amide bonds. The van der Waals surface area contributed by atoms with E-state index < -0.39 is 10.2 Å². The van der Waals surface area contributed by atoms with E-state index >= 15 is 0 Å². The third kappa shape index (κ3) is 7.76. The molecule has 0 saturated heterocycles. The fourth-order valence-electron chi connectivity index (χ4n) is 2.18. The first-order chi connectivity index (χ1) is 13.8. The zero-order chi connectivity index (χ0) is 20.9. The van der Waals surface area contributed by atoms with Gasteiger partial charge in [0.05, 0.1) is 4.47 Å². The molecule has 2 aromatic heterocycles. The minimum atomic E-state index is -4.17. The third-order valence-corrected chi connectivity index (χ3v) is 4.65. The molecule has 3 aromatic rings. The summed E-state index contributed by atoms with van der Waals surface area (Å²) in [4.78, 5) is 16.0. The molecule has 0 aliphatic heterocycles. The number of hydrogen-bond donors (Lipinski definition) is 1. The van der Waals surface area contributed by atoms with Crippen LogP contribution >= 0.6 is 31.9 Å². The van der Waals surface area contributed by atoms with Gasteiger partial charge in [0.1, 0.15) is 13.2 Å². The quantitative estimate of drug-likeness (QED) is 0.291. The van der Waals surface area contributed by atoms with Crippen LogP contribution in [0.3, 0.4) is 0 Å². The van der Waals surface area contributed by atoms with Crippen LogP contribution in [0.5, 0.6) is 11.9 Å². The van der Waals surface area contributed by atoms with Gasteiger partial charge < -0.3 is 19.2 Å². The van der Waals surface area contributed by atoms with E-state index in [9.17, 15) is 8.42 Å². The Morgan fingerprint density at radius 2 is 1.57 bits per heavy atom. The van der Waals surface area contributed by atoms with Crippen molar-refractivity contribution in [2.45, 2.75) is 0 Å². The van der Waals surface area contributed by atoms with Gasteiger partial charge >= 0.3 is 57.4 Å². The molecule has 0 unspecified atom stereocenters. The molecular formula is C16H13Br2KN6O4S. The second kappa shape index (κ2) is 11.8. The van der Waals surface area contributed by atoms with Crippen molar-refractivity contribution in [3.05, 3.63) is 56.7 Å². The van der Waals surface area contributed by atoms with E-state index in [2.05, 4.69) is 56.5 Å². The van der Waals surface area contributed by atoms with E-state index in [-0.39, 0.29) is 87.9 Å². The molecule has 0 bridgehead atoms. The van der Waals surface area contributed by atoms with Crippen molar-refractivity contribution in [2.24, 2.45) is 5.14 Å². The molecule has 0 atom stereocenters. The van der Waals surface area contributed by atoms with Crippen LogP contribution in [-0.4, -0.2) is 41.6 Å².